The zero-order chi connectivity index (χ0) is 20.8. The Hall–Kier alpha value is -2.91. The van der Waals surface area contributed by atoms with Gasteiger partial charge in [-0.1, -0.05) is 78.9 Å². The first-order valence-corrected chi connectivity index (χ1v) is 10.9. The summed E-state index contributed by atoms with van der Waals surface area (Å²) < 4.78 is 0. The van der Waals surface area contributed by atoms with Crippen LogP contribution in [0.3, 0.4) is 0 Å². The number of amides is 1. The Morgan fingerprint density at radius 1 is 0.900 bits per heavy atom. The Labute approximate surface area is 180 Å². The van der Waals surface area contributed by atoms with Crippen molar-refractivity contribution in [2.45, 2.75) is 38.3 Å². The first-order valence-electron chi connectivity index (χ1n) is 10.9. The van der Waals surface area contributed by atoms with Gasteiger partial charge in [0.05, 0.1) is 0 Å². The number of likely N-dealkylation sites (tertiary alicyclic amines) is 1. The van der Waals surface area contributed by atoms with Crippen LogP contribution in [0.1, 0.15) is 36.9 Å². The largest absolute Gasteiger partial charge is 0.309 e. The molecule has 3 aromatic rings. The molecule has 1 amide bonds. The number of carbonyl (C=O) groups is 1. The van der Waals surface area contributed by atoms with Crippen molar-refractivity contribution in [3.8, 4) is 0 Å². The zero-order valence-corrected chi connectivity index (χ0v) is 17.7. The lowest BCUT2D eigenvalue weighted by atomic mass is 9.90. The minimum Gasteiger partial charge on any atom is -0.309 e. The van der Waals surface area contributed by atoms with E-state index in [1.807, 2.05) is 35.2 Å². The number of para-hydroxylation sites is 1. The molecular weight excluding hydrogens is 368 g/mol. The van der Waals surface area contributed by atoms with Gasteiger partial charge in [-0.3, -0.25) is 9.69 Å². The predicted octanol–water partition coefficient (Wildman–Crippen LogP) is 5.49. The van der Waals surface area contributed by atoms with Gasteiger partial charge in [0.25, 0.3) is 0 Å². The standard InChI is InChI=1S/C27H30N2O/c1-22(30)29(25-15-9-4-10-16-25)26-18-20-28(19-17-23-11-5-2-6-12-23)27(21-26)24-13-7-3-8-14-24/h2-16,26-27H,17-21H2,1H3. The Balaban J connectivity index is 1.55. The van der Waals surface area contributed by atoms with Crippen molar-refractivity contribution >= 4 is 11.6 Å². The molecule has 0 spiro atoms. The molecule has 2 unspecified atom stereocenters. The highest BCUT2D eigenvalue weighted by molar-refractivity contribution is 5.92. The molecule has 2 atom stereocenters. The van der Waals surface area contributed by atoms with E-state index in [1.165, 1.54) is 11.1 Å². The van der Waals surface area contributed by atoms with E-state index in [0.717, 1.165) is 38.0 Å². The molecule has 0 aliphatic carbocycles. The minimum atomic E-state index is 0.121. The number of rotatable bonds is 6. The van der Waals surface area contributed by atoms with Gasteiger partial charge in [0.1, 0.15) is 0 Å². The maximum absolute atomic E-state index is 12.6. The third-order valence-corrected chi connectivity index (χ3v) is 6.14. The number of hydrogen-bond donors (Lipinski definition) is 0. The zero-order valence-electron chi connectivity index (χ0n) is 17.7. The highest BCUT2D eigenvalue weighted by atomic mass is 16.2. The molecule has 1 aliphatic heterocycles. The number of piperidine rings is 1. The number of benzene rings is 3. The second-order valence-electron chi connectivity index (χ2n) is 8.10. The smallest absolute Gasteiger partial charge is 0.224 e. The highest BCUT2D eigenvalue weighted by Crippen LogP contribution is 2.35. The Kier molecular flexibility index (Phi) is 6.60. The van der Waals surface area contributed by atoms with E-state index >= 15 is 0 Å². The lowest BCUT2D eigenvalue weighted by Gasteiger charge is -2.43. The van der Waals surface area contributed by atoms with Crippen LogP contribution in [-0.2, 0) is 11.2 Å². The topological polar surface area (TPSA) is 23.6 Å². The molecule has 1 heterocycles. The van der Waals surface area contributed by atoms with Gasteiger partial charge in [-0.15, -0.1) is 0 Å². The predicted molar refractivity (Wildman–Crippen MR) is 124 cm³/mol. The van der Waals surface area contributed by atoms with Crippen molar-refractivity contribution < 1.29 is 4.79 Å². The summed E-state index contributed by atoms with van der Waals surface area (Å²) in [6, 6.07) is 32.1. The summed E-state index contributed by atoms with van der Waals surface area (Å²) in [5.74, 6) is 0.121. The van der Waals surface area contributed by atoms with Crippen molar-refractivity contribution in [3.63, 3.8) is 0 Å². The maximum atomic E-state index is 12.6. The van der Waals surface area contributed by atoms with E-state index < -0.39 is 0 Å². The average Bonchev–Trinajstić information content (AvgIpc) is 2.80. The van der Waals surface area contributed by atoms with Crippen molar-refractivity contribution in [1.29, 1.82) is 0 Å². The Morgan fingerprint density at radius 3 is 2.13 bits per heavy atom. The van der Waals surface area contributed by atoms with Crippen LogP contribution in [-0.4, -0.2) is 29.9 Å². The van der Waals surface area contributed by atoms with Crippen LogP contribution in [0.15, 0.2) is 91.0 Å². The van der Waals surface area contributed by atoms with Crippen LogP contribution in [0.5, 0.6) is 0 Å². The molecule has 3 nitrogen and oxygen atoms in total. The van der Waals surface area contributed by atoms with Crippen LogP contribution in [0.2, 0.25) is 0 Å². The molecule has 1 aliphatic rings. The Bertz CT molecular complexity index is 927. The molecule has 3 aromatic carbocycles. The van der Waals surface area contributed by atoms with Crippen LogP contribution in [0, 0.1) is 0 Å². The molecule has 1 saturated heterocycles. The highest BCUT2D eigenvalue weighted by Gasteiger charge is 2.34. The van der Waals surface area contributed by atoms with Crippen LogP contribution in [0.4, 0.5) is 5.69 Å². The number of nitrogens with zero attached hydrogens (tertiary/aromatic N) is 2. The quantitative estimate of drug-likeness (QED) is 0.548. The second-order valence-corrected chi connectivity index (χ2v) is 8.10. The summed E-state index contributed by atoms with van der Waals surface area (Å²) in [5, 5.41) is 0. The van der Waals surface area contributed by atoms with Crippen molar-refractivity contribution in [2.75, 3.05) is 18.0 Å². The fourth-order valence-electron chi connectivity index (χ4n) is 4.68. The summed E-state index contributed by atoms with van der Waals surface area (Å²) >= 11 is 0. The summed E-state index contributed by atoms with van der Waals surface area (Å²) in [5.41, 5.74) is 3.72. The molecule has 3 heteroatoms. The van der Waals surface area contributed by atoms with Gasteiger partial charge in [0.15, 0.2) is 0 Å². The van der Waals surface area contributed by atoms with Gasteiger partial charge in [-0.2, -0.15) is 0 Å². The molecule has 4 rings (SSSR count). The molecule has 0 bridgehead atoms. The van der Waals surface area contributed by atoms with E-state index in [9.17, 15) is 4.79 Å². The van der Waals surface area contributed by atoms with Gasteiger partial charge < -0.3 is 4.90 Å². The van der Waals surface area contributed by atoms with E-state index in [0.29, 0.717) is 6.04 Å². The van der Waals surface area contributed by atoms with Crippen LogP contribution < -0.4 is 4.90 Å². The monoisotopic (exact) mass is 398 g/mol. The van der Waals surface area contributed by atoms with Gasteiger partial charge in [-0.05, 0) is 42.5 Å². The molecular formula is C27H30N2O. The molecule has 0 aromatic heterocycles. The van der Waals surface area contributed by atoms with E-state index in [1.54, 1.807) is 6.92 Å². The summed E-state index contributed by atoms with van der Waals surface area (Å²) in [6.07, 6.45) is 2.99. The van der Waals surface area contributed by atoms with E-state index in [-0.39, 0.29) is 11.9 Å². The molecule has 0 radical (unpaired) electrons. The second kappa shape index (κ2) is 9.73. The average molecular weight is 399 g/mol. The summed E-state index contributed by atoms with van der Waals surface area (Å²) in [7, 11) is 0. The van der Waals surface area contributed by atoms with Crippen LogP contribution >= 0.6 is 0 Å². The van der Waals surface area contributed by atoms with Gasteiger partial charge >= 0.3 is 0 Å². The van der Waals surface area contributed by atoms with E-state index in [2.05, 4.69) is 65.6 Å². The lowest BCUT2D eigenvalue weighted by molar-refractivity contribution is -0.117. The molecule has 0 saturated carbocycles. The fraction of sp³-hybridized carbons (Fsp3) is 0.296. The fourth-order valence-corrected chi connectivity index (χ4v) is 4.68. The number of anilines is 1. The normalized spacial score (nSPS) is 19.4. The molecule has 1 fully saturated rings. The summed E-state index contributed by atoms with van der Waals surface area (Å²) in [4.78, 5) is 17.2. The van der Waals surface area contributed by atoms with Gasteiger partial charge in [0.2, 0.25) is 5.91 Å². The minimum absolute atomic E-state index is 0.121. The van der Waals surface area contributed by atoms with Crippen molar-refractivity contribution in [1.82, 2.24) is 4.90 Å². The molecule has 30 heavy (non-hydrogen) atoms. The Morgan fingerprint density at radius 2 is 1.50 bits per heavy atom. The molecule has 0 N–H and O–H groups in total. The third kappa shape index (κ3) is 4.80. The van der Waals surface area contributed by atoms with Crippen molar-refractivity contribution in [2.24, 2.45) is 0 Å². The van der Waals surface area contributed by atoms with Crippen LogP contribution in [0.25, 0.3) is 0 Å². The summed E-state index contributed by atoms with van der Waals surface area (Å²) in [6.45, 7) is 3.71. The maximum Gasteiger partial charge on any atom is 0.224 e. The van der Waals surface area contributed by atoms with Gasteiger partial charge in [-0.25, -0.2) is 0 Å². The van der Waals surface area contributed by atoms with Crippen molar-refractivity contribution in [3.05, 3.63) is 102 Å². The number of hydrogen-bond acceptors (Lipinski definition) is 2. The van der Waals surface area contributed by atoms with Gasteiger partial charge in [0, 0.05) is 37.8 Å². The SMILES string of the molecule is CC(=O)N(c1ccccc1)C1CCN(CCc2ccccc2)C(c2ccccc2)C1. The number of carbonyl (C=O) groups excluding carboxylic acids is 1. The first kappa shape index (κ1) is 20.4. The first-order chi connectivity index (χ1) is 14.7. The third-order valence-electron chi connectivity index (χ3n) is 6.14. The lowest BCUT2D eigenvalue weighted by Crippen LogP contribution is -2.48. The molecule has 154 valence electrons. The van der Waals surface area contributed by atoms with E-state index in [4.69, 9.17) is 0 Å².